The molecule has 0 amide bonds. The molecule has 4 heteroatoms. The normalized spacial score (nSPS) is 13.2. The number of nitriles is 1. The van der Waals surface area contributed by atoms with E-state index in [1.165, 1.54) is 12.1 Å². The molecule has 1 atom stereocenters. The van der Waals surface area contributed by atoms with Crippen molar-refractivity contribution in [3.63, 3.8) is 0 Å². The fourth-order valence-corrected chi connectivity index (χ4v) is 1.41. The monoisotopic (exact) mass is 236 g/mol. The van der Waals surface area contributed by atoms with E-state index in [-0.39, 0.29) is 23.2 Å². The fraction of sp³-hybridized carbons (Fsp3) is 0.462. The standard InChI is InChI=1S/C13H17FN2O/c1-13(2,3)16-8-11(17)10-6-4-5-9(7-15)12(10)14/h4-6,11,16-17H,8H2,1-3H3. The highest BCUT2D eigenvalue weighted by atomic mass is 19.1. The SMILES string of the molecule is CC(C)(C)NCC(O)c1cccc(C#N)c1F. The molecule has 0 bridgehead atoms. The lowest BCUT2D eigenvalue weighted by Gasteiger charge is -2.23. The minimum atomic E-state index is -0.956. The van der Waals surface area contributed by atoms with Gasteiger partial charge < -0.3 is 10.4 Å². The van der Waals surface area contributed by atoms with Gasteiger partial charge in [-0.25, -0.2) is 4.39 Å². The van der Waals surface area contributed by atoms with Crippen LogP contribution < -0.4 is 5.32 Å². The summed E-state index contributed by atoms with van der Waals surface area (Å²) in [5, 5.41) is 21.7. The van der Waals surface area contributed by atoms with E-state index < -0.39 is 11.9 Å². The molecule has 0 fully saturated rings. The Balaban J connectivity index is 2.83. The van der Waals surface area contributed by atoms with Crippen LogP contribution in [0.2, 0.25) is 0 Å². The van der Waals surface area contributed by atoms with Crippen molar-refractivity contribution in [1.82, 2.24) is 5.32 Å². The van der Waals surface area contributed by atoms with Crippen molar-refractivity contribution in [1.29, 1.82) is 5.26 Å². The molecule has 1 rings (SSSR count). The quantitative estimate of drug-likeness (QED) is 0.845. The van der Waals surface area contributed by atoms with Gasteiger partial charge in [-0.2, -0.15) is 5.26 Å². The van der Waals surface area contributed by atoms with Gasteiger partial charge in [0.05, 0.1) is 11.7 Å². The Bertz CT molecular complexity index is 432. The lowest BCUT2D eigenvalue weighted by Crippen LogP contribution is -2.38. The van der Waals surface area contributed by atoms with Gasteiger partial charge >= 0.3 is 0 Å². The van der Waals surface area contributed by atoms with Crippen LogP contribution in [0.4, 0.5) is 4.39 Å². The molecule has 17 heavy (non-hydrogen) atoms. The molecule has 92 valence electrons. The molecule has 0 aliphatic carbocycles. The van der Waals surface area contributed by atoms with Crippen molar-refractivity contribution in [3.05, 3.63) is 35.1 Å². The molecule has 2 N–H and O–H groups in total. The summed E-state index contributed by atoms with van der Waals surface area (Å²) >= 11 is 0. The first kappa shape index (κ1) is 13.6. The van der Waals surface area contributed by atoms with Crippen molar-refractivity contribution in [2.24, 2.45) is 0 Å². The molecule has 0 aromatic heterocycles. The minimum absolute atomic E-state index is 0.0442. The van der Waals surface area contributed by atoms with Crippen LogP contribution in [0.1, 0.15) is 38.0 Å². The predicted octanol–water partition coefficient (Wildman–Crippen LogP) is 2.12. The highest BCUT2D eigenvalue weighted by molar-refractivity contribution is 5.36. The first-order valence-electron chi connectivity index (χ1n) is 5.47. The maximum Gasteiger partial charge on any atom is 0.146 e. The first-order valence-corrected chi connectivity index (χ1v) is 5.47. The first-order chi connectivity index (χ1) is 7.85. The molecular weight excluding hydrogens is 219 g/mol. The number of rotatable bonds is 3. The van der Waals surface area contributed by atoms with Gasteiger partial charge in [-0.05, 0) is 26.8 Å². The molecule has 0 saturated heterocycles. The highest BCUT2D eigenvalue weighted by Gasteiger charge is 2.18. The summed E-state index contributed by atoms with van der Waals surface area (Å²) in [5.41, 5.74) is -0.0392. The molecule has 0 heterocycles. The maximum atomic E-state index is 13.7. The Morgan fingerprint density at radius 2 is 2.12 bits per heavy atom. The third-order valence-electron chi connectivity index (χ3n) is 2.33. The van der Waals surface area contributed by atoms with Gasteiger partial charge in [0.2, 0.25) is 0 Å². The maximum absolute atomic E-state index is 13.7. The number of hydrogen-bond acceptors (Lipinski definition) is 3. The summed E-state index contributed by atoms with van der Waals surface area (Å²) in [4.78, 5) is 0. The molecule has 0 spiro atoms. The van der Waals surface area contributed by atoms with Crippen LogP contribution in [0.3, 0.4) is 0 Å². The van der Waals surface area contributed by atoms with Gasteiger partial charge in [-0.3, -0.25) is 0 Å². The molecule has 3 nitrogen and oxygen atoms in total. The van der Waals surface area contributed by atoms with Crippen LogP contribution in [0, 0.1) is 17.1 Å². The Morgan fingerprint density at radius 1 is 1.47 bits per heavy atom. The molecular formula is C13H17FN2O. The second-order valence-corrected chi connectivity index (χ2v) is 4.97. The van der Waals surface area contributed by atoms with E-state index in [0.717, 1.165) is 0 Å². The van der Waals surface area contributed by atoms with Crippen molar-refractivity contribution in [2.75, 3.05) is 6.54 Å². The lowest BCUT2D eigenvalue weighted by molar-refractivity contribution is 0.159. The van der Waals surface area contributed by atoms with Gasteiger partial charge in [-0.1, -0.05) is 12.1 Å². The zero-order valence-electron chi connectivity index (χ0n) is 10.3. The molecule has 0 radical (unpaired) electrons. The van der Waals surface area contributed by atoms with Crippen molar-refractivity contribution in [2.45, 2.75) is 32.4 Å². The number of β-amino-alcohol motifs (C(OH)–C–C–N with tert-alkyl or cyclic N) is 1. The van der Waals surface area contributed by atoms with Crippen molar-refractivity contribution in [3.8, 4) is 6.07 Å². The number of hydrogen-bond donors (Lipinski definition) is 2. The fourth-order valence-electron chi connectivity index (χ4n) is 1.41. The van der Waals surface area contributed by atoms with Crippen LogP contribution in [0.5, 0.6) is 0 Å². The van der Waals surface area contributed by atoms with E-state index in [9.17, 15) is 9.50 Å². The van der Waals surface area contributed by atoms with Crippen LogP contribution in [0.25, 0.3) is 0 Å². The minimum Gasteiger partial charge on any atom is -0.387 e. The second kappa shape index (κ2) is 5.26. The molecule has 0 saturated carbocycles. The van der Waals surface area contributed by atoms with Gasteiger partial charge in [0.1, 0.15) is 11.9 Å². The zero-order chi connectivity index (χ0) is 13.1. The largest absolute Gasteiger partial charge is 0.387 e. The number of aliphatic hydroxyl groups is 1. The van der Waals surface area contributed by atoms with E-state index in [2.05, 4.69) is 5.32 Å². The molecule has 0 aliphatic heterocycles. The van der Waals surface area contributed by atoms with E-state index >= 15 is 0 Å². The second-order valence-electron chi connectivity index (χ2n) is 4.97. The van der Waals surface area contributed by atoms with E-state index in [0.29, 0.717) is 0 Å². The summed E-state index contributed by atoms with van der Waals surface area (Å²) in [7, 11) is 0. The number of nitrogens with one attached hydrogen (secondary N) is 1. The van der Waals surface area contributed by atoms with Crippen LogP contribution >= 0.6 is 0 Å². The molecule has 0 aliphatic rings. The summed E-state index contributed by atoms with van der Waals surface area (Å²) in [6.07, 6.45) is -0.956. The predicted molar refractivity (Wildman–Crippen MR) is 63.8 cm³/mol. The average Bonchev–Trinajstić information content (AvgIpc) is 2.25. The van der Waals surface area contributed by atoms with Crippen LogP contribution in [-0.2, 0) is 0 Å². The lowest BCUT2D eigenvalue weighted by atomic mass is 10.0. The Hall–Kier alpha value is -1.44. The van der Waals surface area contributed by atoms with Crippen molar-refractivity contribution >= 4 is 0 Å². The van der Waals surface area contributed by atoms with Gasteiger partial charge in [-0.15, -0.1) is 0 Å². The van der Waals surface area contributed by atoms with Gasteiger partial charge in [0.25, 0.3) is 0 Å². The van der Waals surface area contributed by atoms with Gasteiger partial charge in [0.15, 0.2) is 0 Å². The van der Waals surface area contributed by atoms with E-state index in [4.69, 9.17) is 5.26 Å². The third kappa shape index (κ3) is 3.81. The summed E-state index contributed by atoms with van der Waals surface area (Å²) in [6, 6.07) is 6.21. The van der Waals surface area contributed by atoms with Crippen molar-refractivity contribution < 1.29 is 9.50 Å². The average molecular weight is 236 g/mol. The van der Waals surface area contributed by atoms with Crippen LogP contribution in [-0.4, -0.2) is 17.2 Å². The number of aliphatic hydroxyl groups excluding tert-OH is 1. The Labute approximate surface area is 101 Å². The Morgan fingerprint density at radius 3 is 2.65 bits per heavy atom. The third-order valence-corrected chi connectivity index (χ3v) is 2.33. The molecule has 1 aromatic rings. The summed E-state index contributed by atoms with van der Waals surface area (Å²) < 4.78 is 13.7. The summed E-state index contributed by atoms with van der Waals surface area (Å²) in [5.74, 6) is -0.641. The zero-order valence-corrected chi connectivity index (χ0v) is 10.3. The van der Waals surface area contributed by atoms with Crippen LogP contribution in [0.15, 0.2) is 18.2 Å². The number of nitrogens with zero attached hydrogens (tertiary/aromatic N) is 1. The molecule has 1 unspecified atom stereocenters. The topological polar surface area (TPSA) is 56.0 Å². The van der Waals surface area contributed by atoms with E-state index in [1.807, 2.05) is 20.8 Å². The molecule has 1 aromatic carbocycles. The van der Waals surface area contributed by atoms with Gasteiger partial charge in [0, 0.05) is 17.6 Å². The number of benzene rings is 1. The van der Waals surface area contributed by atoms with E-state index in [1.54, 1.807) is 12.1 Å². The Kier molecular flexibility index (Phi) is 4.22. The highest BCUT2D eigenvalue weighted by Crippen LogP contribution is 2.19. The number of halogens is 1. The smallest absolute Gasteiger partial charge is 0.146 e. The summed E-state index contributed by atoms with van der Waals surface area (Å²) in [6.45, 7) is 6.13.